The van der Waals surface area contributed by atoms with E-state index < -0.39 is 0 Å². The summed E-state index contributed by atoms with van der Waals surface area (Å²) in [4.78, 5) is 0. The Bertz CT molecular complexity index is 883. The highest BCUT2D eigenvalue weighted by atomic mass is 32.2. The van der Waals surface area contributed by atoms with E-state index >= 15 is 0 Å². The lowest BCUT2D eigenvalue weighted by atomic mass is 10.2. The van der Waals surface area contributed by atoms with Gasteiger partial charge in [-0.05, 0) is 17.7 Å². The molecule has 4 rings (SSSR count). The van der Waals surface area contributed by atoms with Crippen LogP contribution in [0.2, 0.25) is 0 Å². The highest BCUT2D eigenvalue weighted by Gasteiger charge is 2.17. The van der Waals surface area contributed by atoms with Gasteiger partial charge in [0.2, 0.25) is 6.79 Å². The summed E-state index contributed by atoms with van der Waals surface area (Å²) in [5, 5.41) is 9.70. The van der Waals surface area contributed by atoms with Gasteiger partial charge in [-0.25, -0.2) is 0 Å². The van der Waals surface area contributed by atoms with E-state index in [-0.39, 0.29) is 6.79 Å². The molecule has 1 aromatic heterocycles. The van der Waals surface area contributed by atoms with Crippen molar-refractivity contribution in [1.29, 1.82) is 0 Å². The minimum absolute atomic E-state index is 0.277. The predicted octanol–water partition coefficient (Wildman–Crippen LogP) is 3.46. The van der Waals surface area contributed by atoms with Crippen molar-refractivity contribution >= 4 is 11.8 Å². The van der Waals surface area contributed by atoms with Gasteiger partial charge >= 0.3 is 0 Å². The second-order valence-corrected chi connectivity index (χ2v) is 6.85. The first kappa shape index (κ1) is 16.9. The molecule has 7 heteroatoms. The average molecular weight is 369 g/mol. The molecule has 0 N–H and O–H groups in total. The van der Waals surface area contributed by atoms with Crippen molar-refractivity contribution in [2.45, 2.75) is 11.7 Å². The molecular weight excluding hydrogens is 350 g/mol. The van der Waals surface area contributed by atoms with Crippen molar-refractivity contribution in [1.82, 2.24) is 14.8 Å². The third-order valence-corrected chi connectivity index (χ3v) is 4.98. The van der Waals surface area contributed by atoms with Crippen molar-refractivity contribution in [2.24, 2.45) is 0 Å². The summed E-state index contributed by atoms with van der Waals surface area (Å²) in [7, 11) is 1.70. The molecule has 0 aliphatic carbocycles. The molecule has 1 aliphatic rings. The summed E-state index contributed by atoms with van der Waals surface area (Å²) in [6.45, 7) is 1.60. The number of methoxy groups -OCH3 is 1. The molecular formula is C19H19N3O3S. The van der Waals surface area contributed by atoms with Crippen LogP contribution in [-0.4, -0.2) is 41.0 Å². The SMILES string of the molecule is COCCSc1nnc(-c2ccccc2)n1Cc1ccc2c(c1)OCO2. The Morgan fingerprint density at radius 2 is 1.92 bits per heavy atom. The van der Waals surface area contributed by atoms with E-state index in [4.69, 9.17) is 14.2 Å². The topological polar surface area (TPSA) is 58.4 Å². The second-order valence-electron chi connectivity index (χ2n) is 5.79. The fourth-order valence-corrected chi connectivity index (χ4v) is 3.61. The third-order valence-electron chi connectivity index (χ3n) is 4.05. The number of aromatic nitrogens is 3. The van der Waals surface area contributed by atoms with Gasteiger partial charge in [0, 0.05) is 18.4 Å². The van der Waals surface area contributed by atoms with Crippen molar-refractivity contribution in [3.63, 3.8) is 0 Å². The lowest BCUT2D eigenvalue weighted by Gasteiger charge is -2.11. The minimum atomic E-state index is 0.277. The van der Waals surface area contributed by atoms with E-state index in [0.717, 1.165) is 39.4 Å². The second kappa shape index (κ2) is 7.80. The summed E-state index contributed by atoms with van der Waals surface area (Å²) in [6, 6.07) is 16.1. The number of nitrogens with zero attached hydrogens (tertiary/aromatic N) is 3. The number of benzene rings is 2. The van der Waals surface area contributed by atoms with Crippen LogP contribution in [0.3, 0.4) is 0 Å². The van der Waals surface area contributed by atoms with Crippen LogP contribution in [0.4, 0.5) is 0 Å². The number of rotatable bonds is 7. The summed E-state index contributed by atoms with van der Waals surface area (Å²) in [6.07, 6.45) is 0. The summed E-state index contributed by atoms with van der Waals surface area (Å²) < 4.78 is 18.2. The number of hydrogen-bond donors (Lipinski definition) is 0. The lowest BCUT2D eigenvalue weighted by Crippen LogP contribution is -2.05. The number of ether oxygens (including phenoxy) is 3. The Morgan fingerprint density at radius 3 is 2.77 bits per heavy atom. The van der Waals surface area contributed by atoms with Crippen LogP contribution in [0, 0.1) is 0 Å². The summed E-state index contributed by atoms with van der Waals surface area (Å²) in [5.74, 6) is 3.24. The quantitative estimate of drug-likeness (QED) is 0.470. The van der Waals surface area contributed by atoms with Crippen molar-refractivity contribution in [2.75, 3.05) is 26.3 Å². The molecule has 134 valence electrons. The Morgan fingerprint density at radius 1 is 1.08 bits per heavy atom. The largest absolute Gasteiger partial charge is 0.454 e. The molecule has 0 fully saturated rings. The molecule has 6 nitrogen and oxygen atoms in total. The zero-order valence-corrected chi connectivity index (χ0v) is 15.2. The maximum Gasteiger partial charge on any atom is 0.231 e. The molecule has 0 amide bonds. The van der Waals surface area contributed by atoms with Crippen LogP contribution in [0.25, 0.3) is 11.4 Å². The Labute approximate surface area is 156 Å². The van der Waals surface area contributed by atoms with E-state index in [0.29, 0.717) is 13.2 Å². The maximum absolute atomic E-state index is 5.50. The van der Waals surface area contributed by atoms with Gasteiger partial charge in [-0.15, -0.1) is 10.2 Å². The van der Waals surface area contributed by atoms with Gasteiger partial charge in [0.15, 0.2) is 22.5 Å². The molecule has 0 spiro atoms. The summed E-state index contributed by atoms with van der Waals surface area (Å²) >= 11 is 1.64. The van der Waals surface area contributed by atoms with E-state index in [1.807, 2.05) is 48.5 Å². The van der Waals surface area contributed by atoms with Gasteiger partial charge < -0.3 is 14.2 Å². The highest BCUT2D eigenvalue weighted by molar-refractivity contribution is 7.99. The van der Waals surface area contributed by atoms with Crippen LogP contribution in [0.1, 0.15) is 5.56 Å². The van der Waals surface area contributed by atoms with Crippen molar-refractivity contribution in [3.8, 4) is 22.9 Å². The van der Waals surface area contributed by atoms with Gasteiger partial charge in [-0.2, -0.15) is 0 Å². The van der Waals surface area contributed by atoms with Crippen LogP contribution < -0.4 is 9.47 Å². The smallest absolute Gasteiger partial charge is 0.231 e. The fourth-order valence-electron chi connectivity index (χ4n) is 2.78. The normalized spacial score (nSPS) is 12.5. The van der Waals surface area contributed by atoms with Gasteiger partial charge in [-0.3, -0.25) is 4.57 Å². The maximum atomic E-state index is 5.50. The van der Waals surface area contributed by atoms with Crippen LogP contribution in [0.5, 0.6) is 11.5 Å². The van der Waals surface area contributed by atoms with Crippen LogP contribution in [0.15, 0.2) is 53.7 Å². The first-order valence-corrected chi connectivity index (χ1v) is 9.32. The van der Waals surface area contributed by atoms with Gasteiger partial charge in [-0.1, -0.05) is 48.2 Å². The molecule has 0 unspecified atom stereocenters. The molecule has 2 aromatic carbocycles. The van der Waals surface area contributed by atoms with Crippen molar-refractivity contribution in [3.05, 3.63) is 54.1 Å². The first-order chi connectivity index (χ1) is 12.8. The zero-order valence-electron chi connectivity index (χ0n) is 14.4. The summed E-state index contributed by atoms with van der Waals surface area (Å²) in [5.41, 5.74) is 2.15. The molecule has 3 aromatic rings. The Balaban J connectivity index is 1.66. The Hall–Kier alpha value is -2.51. The number of fused-ring (bicyclic) bond motifs is 1. The molecule has 0 radical (unpaired) electrons. The van der Waals surface area contributed by atoms with Gasteiger partial charge in [0.25, 0.3) is 0 Å². The molecule has 26 heavy (non-hydrogen) atoms. The van der Waals surface area contributed by atoms with Crippen molar-refractivity contribution < 1.29 is 14.2 Å². The van der Waals surface area contributed by atoms with Gasteiger partial charge in [0.05, 0.1) is 13.2 Å². The molecule has 1 aliphatic heterocycles. The predicted molar refractivity (Wildman–Crippen MR) is 99.7 cm³/mol. The zero-order chi connectivity index (χ0) is 17.8. The molecule has 2 heterocycles. The minimum Gasteiger partial charge on any atom is -0.454 e. The number of thioether (sulfide) groups is 1. The highest BCUT2D eigenvalue weighted by Crippen LogP contribution is 2.33. The lowest BCUT2D eigenvalue weighted by molar-refractivity contribution is 0.174. The standard InChI is InChI=1S/C19H19N3O3S/c1-23-9-10-26-19-21-20-18(15-5-3-2-4-6-15)22(19)12-14-7-8-16-17(11-14)25-13-24-16/h2-8,11H,9-10,12-13H2,1H3. The van der Waals surface area contributed by atoms with Gasteiger partial charge in [0.1, 0.15) is 0 Å². The Kier molecular flexibility index (Phi) is 5.08. The third kappa shape index (κ3) is 3.54. The molecule has 0 bridgehead atoms. The first-order valence-electron chi connectivity index (χ1n) is 8.34. The molecule has 0 saturated carbocycles. The van der Waals surface area contributed by atoms with E-state index in [1.54, 1.807) is 18.9 Å². The van der Waals surface area contributed by atoms with Crippen LogP contribution in [-0.2, 0) is 11.3 Å². The average Bonchev–Trinajstić information content (AvgIpc) is 3.30. The van der Waals surface area contributed by atoms with E-state index in [2.05, 4.69) is 14.8 Å². The molecule has 0 atom stereocenters. The fraction of sp³-hybridized carbons (Fsp3) is 0.263. The van der Waals surface area contributed by atoms with E-state index in [1.165, 1.54) is 0 Å². The van der Waals surface area contributed by atoms with E-state index in [9.17, 15) is 0 Å². The molecule has 0 saturated heterocycles. The van der Waals surface area contributed by atoms with Crippen LogP contribution >= 0.6 is 11.8 Å². The number of hydrogen-bond acceptors (Lipinski definition) is 6. The monoisotopic (exact) mass is 369 g/mol.